The highest BCUT2D eigenvalue weighted by atomic mass is 15.3. The molecule has 0 amide bonds. The molecule has 0 unspecified atom stereocenters. The van der Waals surface area contributed by atoms with Crippen LogP contribution in [0.4, 0.5) is 5.95 Å². The number of hydrogen-bond acceptors (Lipinski definition) is 6. The molecule has 3 heterocycles. The summed E-state index contributed by atoms with van der Waals surface area (Å²) in [5, 5.41) is 3.48. The molecule has 1 fully saturated rings. The lowest BCUT2D eigenvalue weighted by molar-refractivity contribution is 0.254. The van der Waals surface area contributed by atoms with Crippen LogP contribution in [0.1, 0.15) is 12.2 Å². The lowest BCUT2D eigenvalue weighted by Crippen LogP contribution is -2.47. The molecule has 0 aliphatic carbocycles. The lowest BCUT2D eigenvalue weighted by atomic mass is 10.2. The Morgan fingerprint density at radius 2 is 1.82 bits per heavy atom. The van der Waals surface area contributed by atoms with Crippen LogP contribution in [0.5, 0.6) is 0 Å². The number of imidazole rings is 1. The number of guanidine groups is 1. The van der Waals surface area contributed by atoms with Crippen molar-refractivity contribution in [2.75, 3.05) is 58.3 Å². The quantitative estimate of drug-likeness (QED) is 0.311. The predicted octanol–water partition coefficient (Wildman–Crippen LogP) is 2.09. The molecule has 174 valence electrons. The van der Waals surface area contributed by atoms with E-state index in [9.17, 15) is 0 Å². The van der Waals surface area contributed by atoms with Crippen LogP contribution in [0, 0.1) is 0 Å². The molecule has 9 nitrogen and oxygen atoms in total. The molecule has 3 aromatic rings. The first-order valence-corrected chi connectivity index (χ1v) is 11.5. The zero-order valence-corrected chi connectivity index (χ0v) is 19.5. The third kappa shape index (κ3) is 6.29. The first-order chi connectivity index (χ1) is 16.2. The number of nitrogens with zero attached hydrogens (tertiary/aromatic N) is 7. The van der Waals surface area contributed by atoms with E-state index in [0.29, 0.717) is 6.54 Å². The van der Waals surface area contributed by atoms with Crippen molar-refractivity contribution >= 4 is 11.9 Å². The minimum atomic E-state index is 0.663. The zero-order chi connectivity index (χ0) is 22.9. The number of H-pyrrole nitrogens is 1. The van der Waals surface area contributed by atoms with Gasteiger partial charge in [0.1, 0.15) is 5.82 Å². The molecule has 1 aromatic carbocycles. The fourth-order valence-electron chi connectivity index (χ4n) is 4.02. The molecule has 1 aliphatic heterocycles. The van der Waals surface area contributed by atoms with E-state index in [-0.39, 0.29) is 0 Å². The van der Waals surface area contributed by atoms with Gasteiger partial charge in [-0.25, -0.2) is 15.0 Å². The van der Waals surface area contributed by atoms with E-state index in [1.165, 1.54) is 0 Å². The van der Waals surface area contributed by atoms with Gasteiger partial charge in [0.2, 0.25) is 5.95 Å². The normalized spacial score (nSPS) is 15.0. The summed E-state index contributed by atoms with van der Waals surface area (Å²) in [7, 11) is 3.85. The minimum absolute atomic E-state index is 0.663. The molecule has 0 radical (unpaired) electrons. The number of benzene rings is 1. The second-order valence-electron chi connectivity index (χ2n) is 8.17. The van der Waals surface area contributed by atoms with Crippen LogP contribution in [0.3, 0.4) is 0 Å². The molecular formula is C24H33N9. The van der Waals surface area contributed by atoms with E-state index in [4.69, 9.17) is 0 Å². The van der Waals surface area contributed by atoms with E-state index in [1.807, 2.05) is 44.6 Å². The molecule has 33 heavy (non-hydrogen) atoms. The van der Waals surface area contributed by atoms with E-state index < -0.39 is 0 Å². The number of rotatable bonds is 8. The van der Waals surface area contributed by atoms with Gasteiger partial charge in [-0.3, -0.25) is 9.89 Å². The number of nitrogens with one attached hydrogen (secondary N) is 2. The van der Waals surface area contributed by atoms with Gasteiger partial charge in [-0.1, -0.05) is 30.3 Å². The summed E-state index contributed by atoms with van der Waals surface area (Å²) in [5.41, 5.74) is 2.17. The Morgan fingerprint density at radius 1 is 1.06 bits per heavy atom. The van der Waals surface area contributed by atoms with E-state index in [0.717, 1.165) is 74.7 Å². The summed E-state index contributed by atoms with van der Waals surface area (Å²) >= 11 is 0. The van der Waals surface area contributed by atoms with Crippen molar-refractivity contribution in [2.45, 2.75) is 13.0 Å². The molecule has 2 N–H and O–H groups in total. The number of anilines is 1. The Morgan fingerprint density at radius 3 is 2.55 bits per heavy atom. The van der Waals surface area contributed by atoms with Gasteiger partial charge in [0.05, 0.1) is 18.4 Å². The summed E-state index contributed by atoms with van der Waals surface area (Å²) in [6.07, 6.45) is 6.56. The van der Waals surface area contributed by atoms with Gasteiger partial charge in [0.25, 0.3) is 0 Å². The van der Waals surface area contributed by atoms with Crippen LogP contribution in [0.25, 0.3) is 11.3 Å². The molecule has 1 saturated heterocycles. The molecule has 1 aliphatic rings. The van der Waals surface area contributed by atoms with Gasteiger partial charge in [-0.05, 0) is 24.6 Å². The largest absolute Gasteiger partial charge is 0.356 e. The number of aliphatic imine (C=N–C) groups is 1. The summed E-state index contributed by atoms with van der Waals surface area (Å²) in [6.45, 7) is 6.62. The Bertz CT molecular complexity index is 995. The maximum Gasteiger partial charge on any atom is 0.225 e. The van der Waals surface area contributed by atoms with Crippen LogP contribution >= 0.6 is 0 Å². The number of aromatic amines is 1. The Labute approximate surface area is 195 Å². The fourth-order valence-corrected chi connectivity index (χ4v) is 4.02. The van der Waals surface area contributed by atoms with Crippen molar-refractivity contribution < 1.29 is 0 Å². The third-order valence-corrected chi connectivity index (χ3v) is 5.82. The van der Waals surface area contributed by atoms with Crippen molar-refractivity contribution in [3.8, 4) is 11.3 Å². The van der Waals surface area contributed by atoms with Gasteiger partial charge in [-0.15, -0.1) is 0 Å². The molecule has 4 rings (SSSR count). The SMILES string of the molecule is CN=C(NCCCN1CCN(c2ncccn2)CC1)N(C)Cc1ncc(-c2ccccc2)[nH]1. The van der Waals surface area contributed by atoms with Gasteiger partial charge in [0.15, 0.2) is 5.96 Å². The molecule has 2 aromatic heterocycles. The molecule has 0 atom stereocenters. The molecule has 0 spiro atoms. The number of hydrogen-bond donors (Lipinski definition) is 2. The van der Waals surface area contributed by atoms with Gasteiger partial charge < -0.3 is 20.1 Å². The van der Waals surface area contributed by atoms with Gasteiger partial charge in [0, 0.05) is 59.2 Å². The number of aromatic nitrogens is 4. The Balaban J connectivity index is 1.17. The van der Waals surface area contributed by atoms with E-state index >= 15 is 0 Å². The zero-order valence-electron chi connectivity index (χ0n) is 19.5. The second-order valence-corrected chi connectivity index (χ2v) is 8.17. The van der Waals surface area contributed by atoms with Crippen LogP contribution in [0.15, 0.2) is 60.0 Å². The average molecular weight is 448 g/mol. The average Bonchev–Trinajstić information content (AvgIpc) is 3.34. The molecule has 0 saturated carbocycles. The van der Waals surface area contributed by atoms with Crippen molar-refractivity contribution in [2.24, 2.45) is 4.99 Å². The molecule has 9 heteroatoms. The highest BCUT2D eigenvalue weighted by Gasteiger charge is 2.18. The van der Waals surface area contributed by atoms with Crippen molar-refractivity contribution in [3.05, 3.63) is 60.8 Å². The standard InChI is InChI=1S/C24H33N9/c1-25-23(31(2)19-22-29-18-21(30-22)20-8-4-3-5-9-20)26-12-7-13-32-14-16-33(17-15-32)24-27-10-6-11-28-24/h3-6,8-11,18H,7,12-17,19H2,1-2H3,(H,25,26)(H,29,30). The van der Waals surface area contributed by atoms with E-state index in [2.05, 4.69) is 57.1 Å². The van der Waals surface area contributed by atoms with E-state index in [1.54, 1.807) is 12.4 Å². The third-order valence-electron chi connectivity index (χ3n) is 5.82. The highest BCUT2D eigenvalue weighted by molar-refractivity contribution is 5.79. The van der Waals surface area contributed by atoms with Crippen LogP contribution in [0.2, 0.25) is 0 Å². The summed E-state index contributed by atoms with van der Waals surface area (Å²) in [6, 6.07) is 12.1. The van der Waals surface area contributed by atoms with Crippen LogP contribution in [-0.2, 0) is 6.54 Å². The maximum absolute atomic E-state index is 4.54. The first kappa shape index (κ1) is 22.7. The minimum Gasteiger partial charge on any atom is -0.356 e. The number of piperazine rings is 1. The maximum atomic E-state index is 4.54. The summed E-state index contributed by atoms with van der Waals surface area (Å²) in [4.78, 5) is 27.9. The molecular weight excluding hydrogens is 414 g/mol. The van der Waals surface area contributed by atoms with Crippen LogP contribution in [-0.4, -0.2) is 89.1 Å². The molecule has 0 bridgehead atoms. The lowest BCUT2D eigenvalue weighted by Gasteiger charge is -2.34. The fraction of sp³-hybridized carbons (Fsp3) is 0.417. The van der Waals surface area contributed by atoms with Crippen molar-refractivity contribution in [3.63, 3.8) is 0 Å². The monoisotopic (exact) mass is 447 g/mol. The highest BCUT2D eigenvalue weighted by Crippen LogP contribution is 2.16. The summed E-state index contributed by atoms with van der Waals surface area (Å²) < 4.78 is 0. The summed E-state index contributed by atoms with van der Waals surface area (Å²) in [5.74, 6) is 2.62. The van der Waals surface area contributed by atoms with Crippen molar-refractivity contribution in [1.82, 2.24) is 35.1 Å². The topological polar surface area (TPSA) is 88.6 Å². The van der Waals surface area contributed by atoms with Crippen LogP contribution < -0.4 is 10.2 Å². The Kier molecular flexibility index (Phi) is 7.86. The Hall–Kier alpha value is -3.46. The first-order valence-electron chi connectivity index (χ1n) is 11.5. The van der Waals surface area contributed by atoms with Gasteiger partial charge >= 0.3 is 0 Å². The smallest absolute Gasteiger partial charge is 0.225 e. The predicted molar refractivity (Wildman–Crippen MR) is 132 cm³/mol. The van der Waals surface area contributed by atoms with Crippen molar-refractivity contribution in [1.29, 1.82) is 0 Å². The second kappa shape index (κ2) is 11.4. The van der Waals surface area contributed by atoms with Gasteiger partial charge in [-0.2, -0.15) is 0 Å².